The summed E-state index contributed by atoms with van der Waals surface area (Å²) in [5.74, 6) is 0.540. The molecule has 154 valence electrons. The molecule has 0 N–H and O–H groups in total. The van der Waals surface area contributed by atoms with Gasteiger partial charge in [-0.25, -0.2) is 9.79 Å². The van der Waals surface area contributed by atoms with Crippen molar-refractivity contribution in [2.24, 2.45) is 4.99 Å². The lowest BCUT2D eigenvalue weighted by Gasteiger charge is -2.40. The van der Waals surface area contributed by atoms with E-state index in [-0.39, 0.29) is 18.5 Å². The number of hydrogen-bond acceptors (Lipinski definition) is 5. The van der Waals surface area contributed by atoms with Crippen LogP contribution in [0, 0.1) is 6.92 Å². The van der Waals surface area contributed by atoms with Crippen LogP contribution in [-0.4, -0.2) is 64.9 Å². The van der Waals surface area contributed by atoms with Crippen molar-refractivity contribution in [2.45, 2.75) is 25.7 Å². The third kappa shape index (κ3) is 2.92. The highest BCUT2D eigenvalue weighted by Gasteiger charge is 2.54. The number of halogens is 1. The number of imide groups is 1. The molecule has 30 heavy (non-hydrogen) atoms. The Hall–Kier alpha value is -3.06. The fraction of sp³-hybridized carbons (Fsp3) is 0.318. The zero-order valence-electron chi connectivity index (χ0n) is 16.8. The summed E-state index contributed by atoms with van der Waals surface area (Å²) < 4.78 is 0. The van der Waals surface area contributed by atoms with Crippen molar-refractivity contribution in [2.75, 3.05) is 25.0 Å². The normalized spacial score (nSPS) is 23.1. The fourth-order valence-electron chi connectivity index (χ4n) is 4.32. The first-order valence-corrected chi connectivity index (χ1v) is 10.3. The lowest BCUT2D eigenvalue weighted by atomic mass is 10.1. The van der Waals surface area contributed by atoms with Crippen LogP contribution in [0.15, 0.2) is 53.5 Å². The molecule has 0 aliphatic carbocycles. The summed E-state index contributed by atoms with van der Waals surface area (Å²) >= 11 is 6.02. The molecule has 2 saturated heterocycles. The molecule has 2 unspecified atom stereocenters. The van der Waals surface area contributed by atoms with Crippen LogP contribution in [0.3, 0.4) is 0 Å². The summed E-state index contributed by atoms with van der Waals surface area (Å²) in [4.78, 5) is 38.2. The standard InChI is InChI=1S/C22H22ClN5O2/c1-14-3-5-15(6-4-14)13-28-20(29)18-19(25(2)22(28)30)24-21-26(11-12-27(18)21)17-9-7-16(23)8-10-17/h3-10,18-19H,11-13H2,1-2H3. The molecule has 0 saturated carbocycles. The number of amides is 3. The first-order valence-electron chi connectivity index (χ1n) is 9.95. The van der Waals surface area contributed by atoms with E-state index in [9.17, 15) is 9.59 Å². The van der Waals surface area contributed by atoms with Crippen molar-refractivity contribution < 1.29 is 9.59 Å². The van der Waals surface area contributed by atoms with Gasteiger partial charge < -0.3 is 14.7 Å². The molecule has 3 aliphatic rings. The second-order valence-electron chi connectivity index (χ2n) is 7.91. The molecule has 7 nitrogen and oxygen atoms in total. The molecule has 8 heteroatoms. The van der Waals surface area contributed by atoms with Crippen molar-refractivity contribution in [3.8, 4) is 0 Å². The van der Waals surface area contributed by atoms with Crippen LogP contribution in [0.5, 0.6) is 0 Å². The summed E-state index contributed by atoms with van der Waals surface area (Å²) in [6.45, 7) is 3.67. The predicted octanol–water partition coefficient (Wildman–Crippen LogP) is 2.93. The Morgan fingerprint density at radius 3 is 2.43 bits per heavy atom. The molecule has 3 amide bonds. The number of anilines is 1. The fourth-order valence-corrected chi connectivity index (χ4v) is 4.45. The Balaban J connectivity index is 1.43. The van der Waals surface area contributed by atoms with Gasteiger partial charge in [0.05, 0.1) is 6.54 Å². The van der Waals surface area contributed by atoms with Crippen LogP contribution in [0.2, 0.25) is 5.02 Å². The van der Waals surface area contributed by atoms with E-state index >= 15 is 0 Å². The van der Waals surface area contributed by atoms with E-state index in [2.05, 4.69) is 4.90 Å². The molecule has 2 aromatic carbocycles. The van der Waals surface area contributed by atoms with Gasteiger partial charge in [0.25, 0.3) is 5.91 Å². The zero-order chi connectivity index (χ0) is 21.0. The van der Waals surface area contributed by atoms with Gasteiger partial charge in [-0.1, -0.05) is 41.4 Å². The van der Waals surface area contributed by atoms with Crippen LogP contribution in [0.25, 0.3) is 0 Å². The SMILES string of the molecule is Cc1ccc(CN2C(=O)C3C(N=C4N(c5ccc(Cl)cc5)CCN43)N(C)C2=O)cc1. The van der Waals surface area contributed by atoms with Crippen LogP contribution in [0.1, 0.15) is 11.1 Å². The quantitative estimate of drug-likeness (QED) is 0.761. The summed E-state index contributed by atoms with van der Waals surface area (Å²) in [6, 6.07) is 14.6. The number of nitrogens with zero attached hydrogens (tertiary/aromatic N) is 5. The van der Waals surface area contributed by atoms with E-state index in [1.807, 2.05) is 60.4 Å². The van der Waals surface area contributed by atoms with E-state index in [0.29, 0.717) is 11.6 Å². The Morgan fingerprint density at radius 2 is 1.73 bits per heavy atom. The number of rotatable bonds is 3. The molecular weight excluding hydrogens is 402 g/mol. The largest absolute Gasteiger partial charge is 0.328 e. The van der Waals surface area contributed by atoms with Gasteiger partial charge in [0.2, 0.25) is 5.96 Å². The highest BCUT2D eigenvalue weighted by atomic mass is 35.5. The van der Waals surface area contributed by atoms with Gasteiger partial charge in [-0.3, -0.25) is 9.69 Å². The average molecular weight is 424 g/mol. The number of carbonyl (C=O) groups excluding carboxylic acids is 2. The van der Waals surface area contributed by atoms with Gasteiger partial charge in [0, 0.05) is 30.8 Å². The first kappa shape index (κ1) is 18.9. The third-order valence-corrected chi connectivity index (χ3v) is 6.23. The minimum absolute atomic E-state index is 0.194. The smallest absolute Gasteiger partial charge is 0.325 e. The van der Waals surface area contributed by atoms with Crippen LogP contribution in [-0.2, 0) is 11.3 Å². The van der Waals surface area contributed by atoms with Crippen molar-refractivity contribution >= 4 is 35.2 Å². The number of benzene rings is 2. The second-order valence-corrected chi connectivity index (χ2v) is 8.35. The number of aliphatic imine (C=N–C) groups is 1. The van der Waals surface area contributed by atoms with Crippen LogP contribution < -0.4 is 4.90 Å². The second kappa shape index (κ2) is 7.02. The lowest BCUT2D eigenvalue weighted by molar-refractivity contribution is -0.137. The predicted molar refractivity (Wildman–Crippen MR) is 115 cm³/mol. The van der Waals surface area contributed by atoms with Gasteiger partial charge in [-0.05, 0) is 36.8 Å². The van der Waals surface area contributed by atoms with E-state index in [1.54, 1.807) is 11.9 Å². The lowest BCUT2D eigenvalue weighted by Crippen LogP contribution is -2.64. The van der Waals surface area contributed by atoms with Gasteiger partial charge in [0.15, 0.2) is 12.2 Å². The molecule has 0 aromatic heterocycles. The summed E-state index contributed by atoms with van der Waals surface area (Å²) in [5, 5.41) is 0.670. The molecule has 2 fully saturated rings. The van der Waals surface area contributed by atoms with E-state index in [1.165, 1.54) is 4.90 Å². The van der Waals surface area contributed by atoms with Gasteiger partial charge in [0.1, 0.15) is 0 Å². The third-order valence-electron chi connectivity index (χ3n) is 5.98. The monoisotopic (exact) mass is 423 g/mol. The van der Waals surface area contributed by atoms with Crippen LogP contribution >= 0.6 is 11.6 Å². The molecule has 0 spiro atoms. The molecule has 2 aromatic rings. The molecular formula is C22H22ClN5O2. The maximum absolute atomic E-state index is 13.4. The summed E-state index contributed by atoms with van der Waals surface area (Å²) in [6.07, 6.45) is -0.510. The number of guanidine groups is 1. The van der Waals surface area contributed by atoms with Gasteiger partial charge >= 0.3 is 6.03 Å². The Bertz CT molecular complexity index is 1040. The first-order chi connectivity index (χ1) is 14.4. The van der Waals surface area contributed by atoms with Crippen molar-refractivity contribution in [1.82, 2.24) is 14.7 Å². The number of urea groups is 1. The zero-order valence-corrected chi connectivity index (χ0v) is 17.6. The highest BCUT2D eigenvalue weighted by molar-refractivity contribution is 6.30. The van der Waals surface area contributed by atoms with E-state index in [4.69, 9.17) is 16.6 Å². The number of fused-ring (bicyclic) bond motifs is 3. The maximum Gasteiger partial charge on any atom is 0.328 e. The Labute approximate surface area is 180 Å². The Morgan fingerprint density at radius 1 is 1.03 bits per heavy atom. The van der Waals surface area contributed by atoms with E-state index in [0.717, 1.165) is 29.3 Å². The molecule has 0 radical (unpaired) electrons. The number of carbonyl (C=O) groups is 2. The number of likely N-dealkylation sites (N-methyl/N-ethyl adjacent to an activating group) is 1. The highest BCUT2D eigenvalue weighted by Crippen LogP contribution is 2.34. The molecule has 5 rings (SSSR count). The molecule has 2 atom stereocenters. The summed E-state index contributed by atoms with van der Waals surface area (Å²) in [5.41, 5.74) is 3.04. The van der Waals surface area contributed by atoms with Crippen molar-refractivity contribution in [1.29, 1.82) is 0 Å². The Kier molecular flexibility index (Phi) is 4.43. The average Bonchev–Trinajstić information content (AvgIpc) is 3.31. The van der Waals surface area contributed by atoms with Gasteiger partial charge in [-0.2, -0.15) is 0 Å². The molecule has 0 bridgehead atoms. The van der Waals surface area contributed by atoms with Crippen molar-refractivity contribution in [3.05, 3.63) is 64.7 Å². The maximum atomic E-state index is 13.4. The van der Waals surface area contributed by atoms with Crippen molar-refractivity contribution in [3.63, 3.8) is 0 Å². The molecule has 3 aliphatic heterocycles. The minimum atomic E-state index is -0.510. The van der Waals surface area contributed by atoms with Gasteiger partial charge in [-0.15, -0.1) is 0 Å². The minimum Gasteiger partial charge on any atom is -0.325 e. The summed E-state index contributed by atoms with van der Waals surface area (Å²) in [7, 11) is 1.72. The molecule has 3 heterocycles. The topological polar surface area (TPSA) is 59.5 Å². The van der Waals surface area contributed by atoms with E-state index < -0.39 is 12.2 Å². The number of hydrogen-bond donors (Lipinski definition) is 0. The van der Waals surface area contributed by atoms with Crippen LogP contribution in [0.4, 0.5) is 10.5 Å². The number of aryl methyl sites for hydroxylation is 1.